The van der Waals surface area contributed by atoms with Crippen molar-refractivity contribution in [3.05, 3.63) is 121 Å². The Kier molecular flexibility index (Phi) is 54.8. The summed E-state index contributed by atoms with van der Waals surface area (Å²) in [5, 5.41) is 0. The zero-order chi connectivity index (χ0) is 75.4. The van der Waals surface area contributed by atoms with Crippen molar-refractivity contribution >= 4 is 17.9 Å². The van der Waals surface area contributed by atoms with Gasteiger partial charge in [0, 0.05) is 0 Å². The average molecular weight is 1450 g/mol. The van der Waals surface area contributed by atoms with Gasteiger partial charge in [0.15, 0.2) is 0 Å². The maximum atomic E-state index is 15.9. The number of aryl methyl sites for hydroxylation is 3. The molecule has 0 amide bonds. The average Bonchev–Trinajstić information content (AvgIpc) is 0.793. The second kappa shape index (κ2) is 62.1. The zero-order valence-corrected chi connectivity index (χ0v) is 70.2. The molecular formula is C99H162O6. The van der Waals surface area contributed by atoms with E-state index >= 15 is 14.4 Å². The lowest BCUT2D eigenvalue weighted by atomic mass is 9.89. The molecule has 0 spiro atoms. The summed E-state index contributed by atoms with van der Waals surface area (Å²) >= 11 is 0. The first-order valence-corrected chi connectivity index (χ1v) is 45.9. The van der Waals surface area contributed by atoms with Crippen molar-refractivity contribution in [3.8, 4) is 17.2 Å². The number of ether oxygens (including phenoxy) is 3. The summed E-state index contributed by atoms with van der Waals surface area (Å²) in [6, 6.07) is 17.9. The lowest BCUT2D eigenvalue weighted by molar-refractivity contribution is 0.0688. The highest BCUT2D eigenvalue weighted by Crippen LogP contribution is 2.37. The van der Waals surface area contributed by atoms with E-state index < -0.39 is 17.9 Å². The first kappa shape index (κ1) is 92.7. The molecule has 0 saturated carbocycles. The van der Waals surface area contributed by atoms with Gasteiger partial charge >= 0.3 is 17.9 Å². The van der Waals surface area contributed by atoms with Gasteiger partial charge in [-0.1, -0.05) is 369 Å². The number of esters is 3. The fourth-order valence-electron chi connectivity index (χ4n) is 16.2. The van der Waals surface area contributed by atoms with Gasteiger partial charge in [0.2, 0.25) is 0 Å². The molecule has 4 rings (SSSR count). The van der Waals surface area contributed by atoms with E-state index in [0.29, 0.717) is 17.2 Å². The van der Waals surface area contributed by atoms with Crippen LogP contribution in [0.2, 0.25) is 0 Å². The third-order valence-electron chi connectivity index (χ3n) is 22.8. The highest BCUT2D eigenvalue weighted by atomic mass is 16.5. The number of rotatable bonds is 69. The van der Waals surface area contributed by atoms with Crippen molar-refractivity contribution in [1.82, 2.24) is 0 Å². The Balaban J connectivity index is 1.98. The van der Waals surface area contributed by atoms with Gasteiger partial charge in [0.05, 0.1) is 16.7 Å². The van der Waals surface area contributed by atoms with E-state index in [-0.39, 0.29) is 16.7 Å². The fourth-order valence-corrected chi connectivity index (χ4v) is 16.2. The summed E-state index contributed by atoms with van der Waals surface area (Å²) in [5.74, 6) is 0.0135. The number of hydrogen-bond acceptors (Lipinski definition) is 6. The lowest BCUT2D eigenvalue weighted by Gasteiger charge is -2.21. The van der Waals surface area contributed by atoms with E-state index in [4.69, 9.17) is 14.2 Å². The van der Waals surface area contributed by atoms with Crippen LogP contribution in [-0.2, 0) is 57.8 Å². The van der Waals surface area contributed by atoms with Gasteiger partial charge < -0.3 is 14.2 Å². The number of unbranched alkanes of at least 4 members (excludes halogenated alkanes) is 45. The molecule has 0 aromatic heterocycles. The Hall–Kier alpha value is -4.71. The molecule has 0 radical (unpaired) electrons. The number of benzene rings is 4. The summed E-state index contributed by atoms with van der Waals surface area (Å²) in [4.78, 5) is 47.0. The summed E-state index contributed by atoms with van der Waals surface area (Å²) in [7, 11) is 0. The maximum Gasteiger partial charge on any atom is 0.344 e. The van der Waals surface area contributed by atoms with Gasteiger partial charge in [-0.2, -0.15) is 0 Å². The monoisotopic (exact) mass is 1450 g/mol. The molecule has 0 aliphatic rings. The molecule has 4 aromatic carbocycles. The molecule has 4 aromatic rings. The predicted octanol–water partition coefficient (Wildman–Crippen LogP) is 31.5. The van der Waals surface area contributed by atoms with Crippen LogP contribution in [0.15, 0.2) is 54.6 Å². The first-order chi connectivity index (χ1) is 51.6. The molecule has 6 nitrogen and oxygen atoms in total. The minimum atomic E-state index is -0.649. The maximum absolute atomic E-state index is 15.9. The van der Waals surface area contributed by atoms with Crippen LogP contribution in [-0.4, -0.2) is 17.9 Å². The number of hydrogen-bond donors (Lipinski definition) is 0. The first-order valence-electron chi connectivity index (χ1n) is 45.9. The van der Waals surface area contributed by atoms with Crippen molar-refractivity contribution in [2.24, 2.45) is 0 Å². The predicted molar refractivity (Wildman–Crippen MR) is 454 cm³/mol. The molecule has 0 fully saturated rings. The highest BCUT2D eigenvalue weighted by Gasteiger charge is 2.28. The SMILES string of the molecule is CCCCCCCCc1ccc(OC(=O)c2ccc(C(=O)Oc3ccc(CCCCCCCC)c(CCCCCCCC)c3CCCCCCCC)c(C(=O)Oc3ccc(CCCCCCCC)c(CCCCCCCC)c3CCCCCCCC)c2)c(CCCCCCCC)c1CCCCCCCC. The standard InChI is InChI=1S/C99H162O6/c1-10-19-28-37-46-55-64-82-74-78-94(89(70-61-52-43-34-25-16-7)86(82)67-58-49-40-31-22-13-4)103-97(100)85-73-77-92(98(101)104-95-79-75-83(65-56-47-38-29-20-11-2)87(68-59-50-41-32-23-14-5)90(95)71-62-53-44-35-26-17-8)93(81-85)99(102)105-96-80-76-84(66-57-48-39-30-21-12-3)88(69-60-51-42-33-24-15-6)91(96)72-63-54-45-36-27-18-9/h73-81H,10-72H2,1-9H3. The summed E-state index contributed by atoms with van der Waals surface area (Å²) in [6.45, 7) is 20.6. The van der Waals surface area contributed by atoms with Gasteiger partial charge in [-0.25, -0.2) is 14.4 Å². The van der Waals surface area contributed by atoms with E-state index in [0.717, 1.165) is 146 Å². The Morgan fingerprint density at radius 3 is 0.648 bits per heavy atom. The van der Waals surface area contributed by atoms with Gasteiger partial charge in [0.1, 0.15) is 17.2 Å². The van der Waals surface area contributed by atoms with Crippen molar-refractivity contribution in [1.29, 1.82) is 0 Å². The zero-order valence-electron chi connectivity index (χ0n) is 70.2. The summed E-state index contributed by atoms with van der Waals surface area (Å²) in [5.41, 5.74) is 12.1. The van der Waals surface area contributed by atoms with E-state index in [2.05, 4.69) is 98.7 Å². The molecule has 0 heterocycles. The van der Waals surface area contributed by atoms with Crippen LogP contribution in [0.3, 0.4) is 0 Å². The fraction of sp³-hybridized carbons (Fsp3) is 0.727. The molecule has 0 aliphatic carbocycles. The minimum Gasteiger partial charge on any atom is -0.423 e. The Morgan fingerprint density at radius 2 is 0.400 bits per heavy atom. The molecule has 0 N–H and O–H groups in total. The van der Waals surface area contributed by atoms with Crippen molar-refractivity contribution in [3.63, 3.8) is 0 Å². The number of carbonyl (C=O) groups excluding carboxylic acids is 3. The van der Waals surface area contributed by atoms with E-state index in [1.54, 1.807) is 18.2 Å². The van der Waals surface area contributed by atoms with Crippen LogP contribution in [0.25, 0.3) is 0 Å². The lowest BCUT2D eigenvalue weighted by Crippen LogP contribution is -2.21. The van der Waals surface area contributed by atoms with Gasteiger partial charge in [0.25, 0.3) is 0 Å². The van der Waals surface area contributed by atoms with Crippen LogP contribution in [0.1, 0.15) is 490 Å². The van der Waals surface area contributed by atoms with E-state index in [1.165, 1.54) is 309 Å². The van der Waals surface area contributed by atoms with Gasteiger partial charge in [-0.15, -0.1) is 0 Å². The molecule has 6 heteroatoms. The molecule has 594 valence electrons. The second-order valence-electron chi connectivity index (χ2n) is 32.1. The number of carbonyl (C=O) groups is 3. The smallest absolute Gasteiger partial charge is 0.344 e. The van der Waals surface area contributed by atoms with E-state index in [1.807, 2.05) is 0 Å². The van der Waals surface area contributed by atoms with Crippen LogP contribution in [0.5, 0.6) is 17.2 Å². The third kappa shape index (κ3) is 39.0. The minimum absolute atomic E-state index is 0.0309. The Morgan fingerprint density at radius 1 is 0.200 bits per heavy atom. The van der Waals surface area contributed by atoms with Crippen LogP contribution in [0, 0.1) is 0 Å². The van der Waals surface area contributed by atoms with Crippen LogP contribution < -0.4 is 14.2 Å². The van der Waals surface area contributed by atoms with Crippen LogP contribution >= 0.6 is 0 Å². The highest BCUT2D eigenvalue weighted by molar-refractivity contribution is 6.06. The van der Waals surface area contributed by atoms with Gasteiger partial charge in [-0.05, 0) is 202 Å². The third-order valence-corrected chi connectivity index (χ3v) is 22.8. The molecule has 0 saturated heterocycles. The van der Waals surface area contributed by atoms with Crippen molar-refractivity contribution in [2.75, 3.05) is 0 Å². The molecule has 0 unspecified atom stereocenters. The Labute approximate surface area is 648 Å². The van der Waals surface area contributed by atoms with E-state index in [9.17, 15) is 0 Å². The summed E-state index contributed by atoms with van der Waals surface area (Å²) < 4.78 is 20.5. The molecule has 0 bridgehead atoms. The molecule has 0 atom stereocenters. The topological polar surface area (TPSA) is 78.9 Å². The molecular weight excluding hydrogens is 1290 g/mol. The summed E-state index contributed by atoms with van der Waals surface area (Å²) in [6.07, 6.45) is 73.9. The molecule has 105 heavy (non-hydrogen) atoms. The Bertz CT molecular complexity index is 2860. The molecule has 0 aliphatic heterocycles. The largest absolute Gasteiger partial charge is 0.423 e. The second-order valence-corrected chi connectivity index (χ2v) is 32.1. The quantitative estimate of drug-likeness (QED) is 0.0249. The van der Waals surface area contributed by atoms with Crippen molar-refractivity contribution < 1.29 is 28.6 Å². The van der Waals surface area contributed by atoms with Crippen LogP contribution in [0.4, 0.5) is 0 Å². The van der Waals surface area contributed by atoms with Gasteiger partial charge in [-0.3, -0.25) is 0 Å². The van der Waals surface area contributed by atoms with Crippen molar-refractivity contribution in [2.45, 2.75) is 467 Å². The normalized spacial score (nSPS) is 11.5.